The van der Waals surface area contributed by atoms with E-state index in [1.807, 2.05) is 0 Å². The van der Waals surface area contributed by atoms with E-state index in [2.05, 4.69) is 64.6 Å². The van der Waals surface area contributed by atoms with Gasteiger partial charge in [0.05, 0.1) is 0 Å². The molecule has 0 spiro atoms. The van der Waals surface area contributed by atoms with E-state index in [4.69, 9.17) is 0 Å². The molecule has 3 nitrogen and oxygen atoms in total. The quantitative estimate of drug-likeness (QED) is 0.920. The van der Waals surface area contributed by atoms with Crippen molar-refractivity contribution >= 4 is 16.5 Å². The minimum absolute atomic E-state index is 1.01. The van der Waals surface area contributed by atoms with Gasteiger partial charge in [-0.1, -0.05) is 36.4 Å². The first-order chi connectivity index (χ1) is 9.83. The van der Waals surface area contributed by atoms with Gasteiger partial charge in [0.1, 0.15) is 0 Å². The zero-order valence-electron chi connectivity index (χ0n) is 12.2. The average Bonchev–Trinajstić information content (AvgIpc) is 2.49. The molecule has 0 atom stereocenters. The van der Waals surface area contributed by atoms with E-state index in [9.17, 15) is 0 Å². The van der Waals surface area contributed by atoms with E-state index in [0.717, 1.165) is 13.1 Å². The Balaban J connectivity index is 1.57. The number of nitrogens with one attached hydrogen (secondary N) is 1. The van der Waals surface area contributed by atoms with Crippen LogP contribution in [-0.4, -0.2) is 56.1 Å². The molecule has 1 aliphatic rings. The molecule has 0 amide bonds. The molecule has 3 rings (SSSR count). The first-order valence-electron chi connectivity index (χ1n) is 7.45. The Morgan fingerprint density at radius 1 is 0.950 bits per heavy atom. The molecule has 1 aliphatic heterocycles. The summed E-state index contributed by atoms with van der Waals surface area (Å²) in [5.74, 6) is 0. The summed E-state index contributed by atoms with van der Waals surface area (Å²) in [5, 5.41) is 6.21. The maximum atomic E-state index is 3.59. The standard InChI is InChI=1S/C17H23N3/c1-19-11-13-20(14-12-19)10-9-18-17-8-4-6-15-5-2-3-7-16(15)17/h2-8,18H,9-14H2,1H3. The molecule has 1 heterocycles. The van der Waals surface area contributed by atoms with Crippen molar-refractivity contribution in [3.05, 3.63) is 42.5 Å². The van der Waals surface area contributed by atoms with Crippen LogP contribution in [0.2, 0.25) is 0 Å². The van der Waals surface area contributed by atoms with Gasteiger partial charge in [0.2, 0.25) is 0 Å². The second-order valence-corrected chi connectivity index (χ2v) is 5.60. The molecule has 2 aromatic rings. The fourth-order valence-corrected chi connectivity index (χ4v) is 2.80. The number of likely N-dealkylation sites (N-methyl/N-ethyl adjacent to an activating group) is 1. The zero-order chi connectivity index (χ0) is 13.8. The lowest BCUT2D eigenvalue weighted by atomic mass is 10.1. The molecule has 2 aromatic carbocycles. The van der Waals surface area contributed by atoms with E-state index in [1.54, 1.807) is 0 Å². The fraction of sp³-hybridized carbons (Fsp3) is 0.412. The van der Waals surface area contributed by atoms with Gasteiger partial charge in [0.25, 0.3) is 0 Å². The monoisotopic (exact) mass is 269 g/mol. The Labute approximate surface area is 121 Å². The number of anilines is 1. The molecule has 20 heavy (non-hydrogen) atoms. The van der Waals surface area contributed by atoms with Crippen LogP contribution in [0.5, 0.6) is 0 Å². The molecule has 0 aliphatic carbocycles. The van der Waals surface area contributed by atoms with Crippen LogP contribution in [0.4, 0.5) is 5.69 Å². The van der Waals surface area contributed by atoms with Gasteiger partial charge in [-0.15, -0.1) is 0 Å². The van der Waals surface area contributed by atoms with Crippen molar-refractivity contribution in [2.45, 2.75) is 0 Å². The van der Waals surface area contributed by atoms with Gasteiger partial charge in [-0.2, -0.15) is 0 Å². The number of piperazine rings is 1. The van der Waals surface area contributed by atoms with E-state index in [0.29, 0.717) is 0 Å². The van der Waals surface area contributed by atoms with Gasteiger partial charge in [-0.05, 0) is 18.5 Å². The van der Waals surface area contributed by atoms with Crippen molar-refractivity contribution in [3.63, 3.8) is 0 Å². The number of hydrogen-bond donors (Lipinski definition) is 1. The summed E-state index contributed by atoms with van der Waals surface area (Å²) < 4.78 is 0. The van der Waals surface area contributed by atoms with Crippen LogP contribution in [0, 0.1) is 0 Å². The number of benzene rings is 2. The Morgan fingerprint density at radius 3 is 2.55 bits per heavy atom. The molecule has 0 radical (unpaired) electrons. The largest absolute Gasteiger partial charge is 0.383 e. The molecule has 0 aromatic heterocycles. The Bertz CT molecular complexity index is 554. The topological polar surface area (TPSA) is 18.5 Å². The smallest absolute Gasteiger partial charge is 0.0420 e. The molecule has 3 heteroatoms. The summed E-state index contributed by atoms with van der Waals surface area (Å²) >= 11 is 0. The normalized spacial score (nSPS) is 17.4. The second-order valence-electron chi connectivity index (χ2n) is 5.60. The summed E-state index contributed by atoms with van der Waals surface area (Å²) in [5.41, 5.74) is 1.25. The van der Waals surface area contributed by atoms with Crippen LogP contribution in [0.15, 0.2) is 42.5 Å². The highest BCUT2D eigenvalue weighted by Crippen LogP contribution is 2.22. The number of hydrogen-bond acceptors (Lipinski definition) is 3. The molecule has 1 fully saturated rings. The van der Waals surface area contributed by atoms with Crippen molar-refractivity contribution in [1.29, 1.82) is 0 Å². The summed E-state index contributed by atoms with van der Waals surface area (Å²) in [4.78, 5) is 4.94. The first-order valence-corrected chi connectivity index (χ1v) is 7.45. The summed E-state index contributed by atoms with van der Waals surface area (Å²) in [6, 6.07) is 15.0. The van der Waals surface area contributed by atoms with Crippen molar-refractivity contribution < 1.29 is 0 Å². The lowest BCUT2D eigenvalue weighted by molar-refractivity contribution is 0.158. The average molecular weight is 269 g/mol. The maximum Gasteiger partial charge on any atom is 0.0420 e. The van der Waals surface area contributed by atoms with E-state index < -0.39 is 0 Å². The third kappa shape index (κ3) is 3.11. The predicted molar refractivity (Wildman–Crippen MR) is 86.4 cm³/mol. The van der Waals surface area contributed by atoms with Crippen molar-refractivity contribution in [2.24, 2.45) is 0 Å². The zero-order valence-corrected chi connectivity index (χ0v) is 12.2. The molecule has 1 saturated heterocycles. The molecule has 0 unspecified atom stereocenters. The van der Waals surface area contributed by atoms with Gasteiger partial charge in [0.15, 0.2) is 0 Å². The number of fused-ring (bicyclic) bond motifs is 1. The minimum atomic E-state index is 1.01. The molecule has 106 valence electrons. The number of rotatable bonds is 4. The highest BCUT2D eigenvalue weighted by Gasteiger charge is 2.12. The van der Waals surface area contributed by atoms with Gasteiger partial charge >= 0.3 is 0 Å². The van der Waals surface area contributed by atoms with Gasteiger partial charge in [-0.25, -0.2) is 0 Å². The third-order valence-electron chi connectivity index (χ3n) is 4.13. The van der Waals surface area contributed by atoms with Crippen LogP contribution in [-0.2, 0) is 0 Å². The van der Waals surface area contributed by atoms with E-state index in [1.165, 1.54) is 42.6 Å². The van der Waals surface area contributed by atoms with Gasteiger partial charge in [0, 0.05) is 50.3 Å². The van der Waals surface area contributed by atoms with Crippen LogP contribution in [0.25, 0.3) is 10.8 Å². The Hall–Kier alpha value is -1.58. The summed E-state index contributed by atoms with van der Waals surface area (Å²) in [7, 11) is 2.20. The van der Waals surface area contributed by atoms with Crippen LogP contribution >= 0.6 is 0 Å². The highest BCUT2D eigenvalue weighted by molar-refractivity contribution is 5.93. The highest BCUT2D eigenvalue weighted by atomic mass is 15.2. The van der Waals surface area contributed by atoms with Crippen molar-refractivity contribution in [3.8, 4) is 0 Å². The molecule has 0 saturated carbocycles. The summed E-state index contributed by atoms with van der Waals surface area (Å²) in [6.45, 7) is 6.89. The van der Waals surface area contributed by atoms with Gasteiger partial charge < -0.3 is 10.2 Å². The second kappa shape index (κ2) is 6.25. The third-order valence-corrected chi connectivity index (χ3v) is 4.13. The lowest BCUT2D eigenvalue weighted by Gasteiger charge is -2.32. The summed E-state index contributed by atoms with van der Waals surface area (Å²) in [6.07, 6.45) is 0. The molecule has 0 bridgehead atoms. The molecule has 1 N–H and O–H groups in total. The Kier molecular flexibility index (Phi) is 4.19. The maximum absolute atomic E-state index is 3.59. The van der Waals surface area contributed by atoms with Crippen molar-refractivity contribution in [1.82, 2.24) is 9.80 Å². The fourth-order valence-electron chi connectivity index (χ4n) is 2.80. The van der Waals surface area contributed by atoms with Gasteiger partial charge in [-0.3, -0.25) is 4.90 Å². The van der Waals surface area contributed by atoms with E-state index >= 15 is 0 Å². The predicted octanol–water partition coefficient (Wildman–Crippen LogP) is 2.50. The van der Waals surface area contributed by atoms with Crippen molar-refractivity contribution in [2.75, 3.05) is 51.6 Å². The molecular weight excluding hydrogens is 246 g/mol. The molecular formula is C17H23N3. The van der Waals surface area contributed by atoms with Crippen LogP contribution in [0.3, 0.4) is 0 Å². The van der Waals surface area contributed by atoms with E-state index in [-0.39, 0.29) is 0 Å². The lowest BCUT2D eigenvalue weighted by Crippen LogP contribution is -2.45. The van der Waals surface area contributed by atoms with Crippen LogP contribution in [0.1, 0.15) is 0 Å². The Morgan fingerprint density at radius 2 is 1.70 bits per heavy atom. The minimum Gasteiger partial charge on any atom is -0.383 e. The van der Waals surface area contributed by atoms with Crippen LogP contribution < -0.4 is 5.32 Å². The SMILES string of the molecule is CN1CCN(CCNc2cccc3ccccc23)CC1. The number of nitrogens with zero attached hydrogens (tertiary/aromatic N) is 2. The first kappa shape index (κ1) is 13.4.